The van der Waals surface area contributed by atoms with Gasteiger partial charge < -0.3 is 0 Å². The summed E-state index contributed by atoms with van der Waals surface area (Å²) in [6.45, 7) is -0.00864. The van der Waals surface area contributed by atoms with Crippen molar-refractivity contribution in [2.45, 2.75) is 6.54 Å². The molecule has 0 atom stereocenters. The largest absolute Gasteiger partial charge is 0.292 e. The van der Waals surface area contributed by atoms with Gasteiger partial charge in [-0.25, -0.2) is 4.98 Å². The van der Waals surface area contributed by atoms with Crippen LogP contribution in [0, 0.1) is 3.57 Å². The molecule has 0 spiro atoms. The predicted octanol–water partition coefficient (Wildman–Crippen LogP) is 2.49. The van der Waals surface area contributed by atoms with Crippen LogP contribution in [0.2, 0.25) is 0 Å². The van der Waals surface area contributed by atoms with E-state index in [1.807, 2.05) is 28.7 Å². The van der Waals surface area contributed by atoms with Crippen LogP contribution < -0.4 is 5.56 Å². The minimum atomic E-state index is -0.203. The Kier molecular flexibility index (Phi) is 4.28. The molecule has 0 radical (unpaired) electrons. The fourth-order valence-corrected chi connectivity index (χ4v) is 2.44. The molecule has 92 valence electrons. The van der Waals surface area contributed by atoms with Crippen molar-refractivity contribution >= 4 is 44.3 Å². The maximum absolute atomic E-state index is 12.1. The van der Waals surface area contributed by atoms with Crippen molar-refractivity contribution in [3.8, 4) is 0 Å². The zero-order valence-electron chi connectivity index (χ0n) is 9.14. The fourth-order valence-electron chi connectivity index (χ4n) is 1.46. The lowest BCUT2D eigenvalue weighted by molar-refractivity contribution is 0.0969. The molecule has 0 saturated heterocycles. The van der Waals surface area contributed by atoms with Crippen LogP contribution >= 0.6 is 38.5 Å². The van der Waals surface area contributed by atoms with E-state index in [1.54, 1.807) is 18.2 Å². The third-order valence-corrected chi connectivity index (χ3v) is 3.78. The molecule has 0 bridgehead atoms. The number of halogens is 2. The van der Waals surface area contributed by atoms with Crippen LogP contribution in [0.5, 0.6) is 0 Å². The number of carbonyl (C=O) groups is 1. The van der Waals surface area contributed by atoms with Gasteiger partial charge in [-0.3, -0.25) is 14.2 Å². The number of hydrogen-bond donors (Lipinski definition) is 0. The summed E-state index contributed by atoms with van der Waals surface area (Å²) in [5.41, 5.74) is 0.356. The minimum Gasteiger partial charge on any atom is -0.292 e. The molecule has 1 heterocycles. The van der Waals surface area contributed by atoms with Crippen molar-refractivity contribution in [3.05, 3.63) is 60.7 Å². The third kappa shape index (κ3) is 2.86. The maximum atomic E-state index is 12.1. The molecule has 0 amide bonds. The van der Waals surface area contributed by atoms with Crippen molar-refractivity contribution in [2.24, 2.45) is 0 Å². The average molecular weight is 419 g/mol. The van der Waals surface area contributed by atoms with Gasteiger partial charge in [0.2, 0.25) is 0 Å². The molecular formula is C12H8BrIN2O2. The van der Waals surface area contributed by atoms with Gasteiger partial charge >= 0.3 is 0 Å². The van der Waals surface area contributed by atoms with E-state index in [2.05, 4.69) is 20.9 Å². The topological polar surface area (TPSA) is 52.0 Å². The Labute approximate surface area is 125 Å². The van der Waals surface area contributed by atoms with Crippen LogP contribution in [0.3, 0.4) is 0 Å². The Morgan fingerprint density at radius 3 is 2.83 bits per heavy atom. The molecule has 1 aromatic heterocycles. The van der Waals surface area contributed by atoms with Crippen molar-refractivity contribution in [1.82, 2.24) is 9.55 Å². The van der Waals surface area contributed by atoms with Crippen molar-refractivity contribution in [1.29, 1.82) is 0 Å². The SMILES string of the molecule is O=C(Cn1cncc(I)c1=O)c1ccccc1Br. The fraction of sp³-hybridized carbons (Fsp3) is 0.0833. The first-order chi connectivity index (χ1) is 8.59. The lowest BCUT2D eigenvalue weighted by Gasteiger charge is -2.06. The monoisotopic (exact) mass is 418 g/mol. The molecule has 0 aliphatic heterocycles. The lowest BCUT2D eigenvalue weighted by Crippen LogP contribution is -2.26. The number of nitrogens with zero attached hydrogens (tertiary/aromatic N) is 2. The van der Waals surface area contributed by atoms with E-state index in [4.69, 9.17) is 0 Å². The summed E-state index contributed by atoms with van der Waals surface area (Å²) in [7, 11) is 0. The highest BCUT2D eigenvalue weighted by atomic mass is 127. The van der Waals surface area contributed by atoms with Crippen LogP contribution in [-0.4, -0.2) is 15.3 Å². The second kappa shape index (κ2) is 5.75. The Morgan fingerprint density at radius 2 is 2.11 bits per heavy atom. The van der Waals surface area contributed by atoms with Gasteiger partial charge in [0.05, 0.1) is 16.4 Å². The van der Waals surface area contributed by atoms with E-state index in [0.29, 0.717) is 9.13 Å². The Balaban J connectivity index is 2.30. The van der Waals surface area contributed by atoms with Crippen LogP contribution in [0.15, 0.2) is 46.1 Å². The Hall–Kier alpha value is -1.02. The summed E-state index contributed by atoms with van der Waals surface area (Å²) in [4.78, 5) is 27.8. The number of Topliss-reactive ketones (excluding diaryl/α,β-unsaturated/α-hetero) is 1. The number of aromatic nitrogens is 2. The summed E-state index contributed by atoms with van der Waals surface area (Å²) >= 11 is 5.22. The second-order valence-corrected chi connectivity index (χ2v) is 5.59. The first-order valence-corrected chi connectivity index (χ1v) is 6.94. The zero-order chi connectivity index (χ0) is 13.1. The van der Waals surface area contributed by atoms with Crippen molar-refractivity contribution < 1.29 is 4.79 Å². The average Bonchev–Trinajstić information content (AvgIpc) is 2.35. The molecule has 0 aliphatic rings. The highest BCUT2D eigenvalue weighted by Gasteiger charge is 2.11. The molecule has 4 nitrogen and oxygen atoms in total. The predicted molar refractivity (Wildman–Crippen MR) is 79.7 cm³/mol. The van der Waals surface area contributed by atoms with E-state index < -0.39 is 0 Å². The quantitative estimate of drug-likeness (QED) is 0.568. The molecule has 2 rings (SSSR count). The number of ketones is 1. The third-order valence-electron chi connectivity index (χ3n) is 2.35. The van der Waals surface area contributed by atoms with E-state index in [1.165, 1.54) is 17.1 Å². The summed E-state index contributed by atoms with van der Waals surface area (Å²) in [5, 5.41) is 0. The summed E-state index contributed by atoms with van der Waals surface area (Å²) in [6.07, 6.45) is 2.85. The lowest BCUT2D eigenvalue weighted by atomic mass is 10.1. The number of benzene rings is 1. The van der Waals surface area contributed by atoms with Gasteiger partial charge in [0.1, 0.15) is 0 Å². The molecule has 0 saturated carbocycles. The zero-order valence-corrected chi connectivity index (χ0v) is 12.9. The van der Waals surface area contributed by atoms with E-state index in [0.717, 1.165) is 4.47 Å². The van der Waals surface area contributed by atoms with Gasteiger partial charge in [-0.1, -0.05) is 34.1 Å². The van der Waals surface area contributed by atoms with Crippen LogP contribution in [0.1, 0.15) is 10.4 Å². The molecule has 0 N–H and O–H groups in total. The van der Waals surface area contributed by atoms with E-state index >= 15 is 0 Å². The van der Waals surface area contributed by atoms with Gasteiger partial charge in [0, 0.05) is 16.2 Å². The highest BCUT2D eigenvalue weighted by Crippen LogP contribution is 2.16. The first-order valence-electron chi connectivity index (χ1n) is 5.07. The molecule has 1 aromatic carbocycles. The van der Waals surface area contributed by atoms with Gasteiger partial charge in [0.15, 0.2) is 5.78 Å². The summed E-state index contributed by atoms with van der Waals surface area (Å²) in [6, 6.07) is 7.13. The smallest absolute Gasteiger partial charge is 0.267 e. The molecule has 18 heavy (non-hydrogen) atoms. The molecule has 6 heteroatoms. The molecule has 0 fully saturated rings. The van der Waals surface area contributed by atoms with E-state index in [-0.39, 0.29) is 17.9 Å². The number of hydrogen-bond acceptors (Lipinski definition) is 3. The Bertz CT molecular complexity index is 655. The second-order valence-electron chi connectivity index (χ2n) is 3.58. The number of carbonyl (C=O) groups excluding carboxylic acids is 1. The van der Waals surface area contributed by atoms with Crippen LogP contribution in [0.25, 0.3) is 0 Å². The summed E-state index contributed by atoms with van der Waals surface area (Å²) in [5.74, 6) is -0.131. The first kappa shape index (κ1) is 13.4. The number of rotatable bonds is 3. The minimum absolute atomic E-state index is 0.00864. The highest BCUT2D eigenvalue weighted by molar-refractivity contribution is 14.1. The molecule has 2 aromatic rings. The van der Waals surface area contributed by atoms with Gasteiger partial charge in [-0.2, -0.15) is 0 Å². The molecular weight excluding hydrogens is 411 g/mol. The maximum Gasteiger partial charge on any atom is 0.267 e. The van der Waals surface area contributed by atoms with Gasteiger partial charge in [-0.15, -0.1) is 0 Å². The normalized spacial score (nSPS) is 10.3. The molecule has 0 unspecified atom stereocenters. The van der Waals surface area contributed by atoms with Gasteiger partial charge in [-0.05, 0) is 28.7 Å². The van der Waals surface area contributed by atoms with Crippen LogP contribution in [-0.2, 0) is 6.54 Å². The van der Waals surface area contributed by atoms with Gasteiger partial charge in [0.25, 0.3) is 5.56 Å². The van der Waals surface area contributed by atoms with Crippen molar-refractivity contribution in [3.63, 3.8) is 0 Å². The van der Waals surface area contributed by atoms with Crippen molar-refractivity contribution in [2.75, 3.05) is 0 Å². The summed E-state index contributed by atoms with van der Waals surface area (Å²) < 4.78 is 2.53. The Morgan fingerprint density at radius 1 is 1.39 bits per heavy atom. The van der Waals surface area contributed by atoms with Crippen LogP contribution in [0.4, 0.5) is 0 Å². The standard InChI is InChI=1S/C12H8BrIN2O2/c13-9-4-2-1-3-8(9)11(17)6-16-7-15-5-10(14)12(16)18/h1-5,7H,6H2. The molecule has 0 aliphatic carbocycles. The van der Waals surface area contributed by atoms with E-state index in [9.17, 15) is 9.59 Å².